The van der Waals surface area contributed by atoms with Gasteiger partial charge >= 0.3 is 12.1 Å². The predicted molar refractivity (Wildman–Crippen MR) is 148 cm³/mol. The number of alkyl halides is 3. The highest BCUT2D eigenvalue weighted by Crippen LogP contribution is 2.29. The number of carboxylic acids is 1. The van der Waals surface area contributed by atoms with Crippen LogP contribution in [0.15, 0.2) is 53.6 Å². The summed E-state index contributed by atoms with van der Waals surface area (Å²) in [4.78, 5) is 46.4. The fraction of sp³-hybridized carbons (Fsp3) is 0.276. The predicted octanol–water partition coefficient (Wildman–Crippen LogP) is 4.76. The monoisotopic (exact) mass is 603 g/mol. The van der Waals surface area contributed by atoms with Crippen molar-refractivity contribution < 1.29 is 36.6 Å². The molecule has 2 aromatic carbocycles. The maximum absolute atomic E-state index is 14.8. The second-order valence-corrected chi connectivity index (χ2v) is 9.79. The number of pyridine rings is 1. The van der Waals surface area contributed by atoms with Crippen molar-refractivity contribution in [3.8, 4) is 11.1 Å². The third-order valence-corrected chi connectivity index (χ3v) is 6.99. The summed E-state index contributed by atoms with van der Waals surface area (Å²) in [7, 11) is 1.57. The normalized spacial score (nSPS) is 13.0. The maximum Gasteiger partial charge on any atom is 0.408 e. The van der Waals surface area contributed by atoms with Gasteiger partial charge in [0.05, 0.1) is 11.1 Å². The van der Waals surface area contributed by atoms with Crippen LogP contribution in [0.1, 0.15) is 35.1 Å². The number of nitrogens with zero attached hydrogens (tertiary/aromatic N) is 3. The lowest BCUT2D eigenvalue weighted by molar-refractivity contribution is -0.143. The molecule has 2 heterocycles. The van der Waals surface area contributed by atoms with Crippen LogP contribution in [0.5, 0.6) is 0 Å². The molecule has 3 N–H and O–H groups in total. The highest BCUT2D eigenvalue weighted by molar-refractivity contribution is 5.98. The molecule has 9 nitrogen and oxygen atoms in total. The zero-order valence-electron chi connectivity index (χ0n) is 23.1. The molecule has 43 heavy (non-hydrogen) atoms. The van der Waals surface area contributed by atoms with E-state index in [2.05, 4.69) is 15.3 Å². The summed E-state index contributed by atoms with van der Waals surface area (Å²) in [6.45, 7) is 2.91. The Kier molecular flexibility index (Phi) is 8.78. The molecule has 0 aliphatic rings. The highest BCUT2D eigenvalue weighted by Gasteiger charge is 2.38. The molecule has 0 bridgehead atoms. The van der Waals surface area contributed by atoms with Crippen molar-refractivity contribution in [2.75, 3.05) is 5.32 Å². The number of rotatable bonds is 9. The smallest absolute Gasteiger partial charge is 0.408 e. The number of benzene rings is 2. The Bertz CT molecular complexity index is 1750. The number of aliphatic carboxylic acids is 1. The average Bonchev–Trinajstić information content (AvgIpc) is 2.93. The minimum Gasteiger partial charge on any atom is -0.480 e. The summed E-state index contributed by atoms with van der Waals surface area (Å²) in [5.41, 5.74) is -0.549. The van der Waals surface area contributed by atoms with Gasteiger partial charge in [0, 0.05) is 42.5 Å². The van der Waals surface area contributed by atoms with Crippen molar-refractivity contribution >= 4 is 28.5 Å². The second kappa shape index (κ2) is 12.2. The minimum absolute atomic E-state index is 0.260. The van der Waals surface area contributed by atoms with Crippen molar-refractivity contribution in [2.24, 2.45) is 7.05 Å². The van der Waals surface area contributed by atoms with E-state index in [4.69, 9.17) is 0 Å². The molecule has 4 rings (SSSR count). The maximum atomic E-state index is 14.8. The number of carbonyl (C=O) groups excluding carboxylic acids is 1. The van der Waals surface area contributed by atoms with Crippen molar-refractivity contribution in [3.05, 3.63) is 87.7 Å². The summed E-state index contributed by atoms with van der Waals surface area (Å²) in [5.74, 6) is -5.39. The number of halogens is 5. The fourth-order valence-electron chi connectivity index (χ4n) is 4.58. The van der Waals surface area contributed by atoms with Crippen molar-refractivity contribution in [2.45, 2.75) is 44.9 Å². The molecule has 0 radical (unpaired) electrons. The lowest BCUT2D eigenvalue weighted by Gasteiger charge is -2.22. The van der Waals surface area contributed by atoms with E-state index >= 15 is 0 Å². The first-order valence-electron chi connectivity index (χ1n) is 13.0. The molecule has 0 saturated heterocycles. The van der Waals surface area contributed by atoms with Gasteiger partial charge in [-0.2, -0.15) is 13.2 Å². The molecule has 0 fully saturated rings. The molecule has 226 valence electrons. The Morgan fingerprint density at radius 1 is 1.07 bits per heavy atom. The molecule has 4 aromatic rings. The van der Waals surface area contributed by atoms with Crippen molar-refractivity contribution in [1.82, 2.24) is 19.9 Å². The summed E-state index contributed by atoms with van der Waals surface area (Å²) in [6.07, 6.45) is -2.54. The van der Waals surface area contributed by atoms with E-state index in [1.54, 1.807) is 38.2 Å². The van der Waals surface area contributed by atoms with Crippen LogP contribution >= 0.6 is 0 Å². The number of hydrogen-bond donors (Lipinski definition) is 3. The zero-order chi connectivity index (χ0) is 31.6. The number of fused-ring (bicyclic) bond motifs is 1. The fourth-order valence-corrected chi connectivity index (χ4v) is 4.58. The van der Waals surface area contributed by atoms with Gasteiger partial charge < -0.3 is 15.7 Å². The number of carbonyl (C=O) groups is 2. The van der Waals surface area contributed by atoms with Gasteiger partial charge in [-0.15, -0.1) is 0 Å². The van der Waals surface area contributed by atoms with Gasteiger partial charge in [-0.3, -0.25) is 19.1 Å². The Balaban J connectivity index is 1.63. The van der Waals surface area contributed by atoms with Crippen LogP contribution < -0.4 is 16.2 Å². The van der Waals surface area contributed by atoms with Gasteiger partial charge in [0.15, 0.2) is 0 Å². The third kappa shape index (κ3) is 6.47. The molecule has 0 aliphatic carbocycles. The molecule has 0 saturated carbocycles. The number of amides is 1. The molecule has 0 spiro atoms. The van der Waals surface area contributed by atoms with E-state index in [-0.39, 0.29) is 17.5 Å². The summed E-state index contributed by atoms with van der Waals surface area (Å²) in [5, 5.41) is 14.4. The average molecular weight is 604 g/mol. The van der Waals surface area contributed by atoms with E-state index in [9.17, 15) is 41.4 Å². The summed E-state index contributed by atoms with van der Waals surface area (Å²) in [6, 6.07) is 3.67. The molecular formula is C29H26F5N5O4. The first-order chi connectivity index (χ1) is 20.2. The summed E-state index contributed by atoms with van der Waals surface area (Å²) >= 11 is 0. The lowest BCUT2D eigenvalue weighted by Crippen LogP contribution is -2.43. The molecule has 14 heteroatoms. The summed E-state index contributed by atoms with van der Waals surface area (Å²) < 4.78 is 70.2. The number of aryl methyl sites for hydroxylation is 1. The van der Waals surface area contributed by atoms with Gasteiger partial charge in [0.25, 0.3) is 11.5 Å². The van der Waals surface area contributed by atoms with Crippen LogP contribution in [0, 0.1) is 18.6 Å². The van der Waals surface area contributed by atoms with Crippen LogP contribution in [-0.4, -0.2) is 49.8 Å². The second-order valence-electron chi connectivity index (χ2n) is 9.79. The van der Waals surface area contributed by atoms with Gasteiger partial charge in [0.1, 0.15) is 35.1 Å². The molecular weight excluding hydrogens is 577 g/mol. The topological polar surface area (TPSA) is 126 Å². The standard InChI is InChI=1S/C29H26F5N5O4/c1-4-23(29(32,33)34)37-16-11-20(30)24(21(31)12-16)26(40)38-22(28(42)43)10-15-7-8-18(25-17(15)6-5-9-35-25)19-13-36-14(2)39(3)27(19)41/h5-9,11-13,22-23,37H,4,10H2,1-3H3,(H,38,40)(H,42,43)/t22-,23+/m0/s1. The van der Waals surface area contributed by atoms with Gasteiger partial charge in [-0.1, -0.05) is 25.1 Å². The molecule has 1 amide bonds. The molecule has 2 atom stereocenters. The number of nitrogens with one attached hydrogen (secondary N) is 2. The first kappa shape index (κ1) is 31.1. The van der Waals surface area contributed by atoms with Gasteiger partial charge in [0.2, 0.25) is 0 Å². The Morgan fingerprint density at radius 2 is 1.74 bits per heavy atom. The zero-order valence-corrected chi connectivity index (χ0v) is 23.1. The number of aromatic nitrogens is 3. The van der Waals surface area contributed by atoms with Gasteiger partial charge in [-0.25, -0.2) is 18.6 Å². The van der Waals surface area contributed by atoms with Crippen molar-refractivity contribution in [1.29, 1.82) is 0 Å². The van der Waals surface area contributed by atoms with E-state index in [0.717, 1.165) is 0 Å². The lowest BCUT2D eigenvalue weighted by atomic mass is 9.96. The van der Waals surface area contributed by atoms with E-state index < -0.39 is 59.4 Å². The third-order valence-electron chi connectivity index (χ3n) is 6.99. The first-order valence-corrected chi connectivity index (χ1v) is 13.0. The van der Waals surface area contributed by atoms with Crippen LogP contribution in [-0.2, 0) is 18.3 Å². The molecule has 2 aromatic heterocycles. The quantitative estimate of drug-likeness (QED) is 0.236. The number of anilines is 1. The molecule has 0 unspecified atom stereocenters. The van der Waals surface area contributed by atoms with Crippen molar-refractivity contribution in [3.63, 3.8) is 0 Å². The SMILES string of the molecule is CC[C@@H](Nc1cc(F)c(C(=O)N[C@@H](Cc2ccc(-c3cnc(C)n(C)c3=O)c3ncccc23)C(=O)O)c(F)c1)C(F)(F)F. The number of carboxylic acid groups (broad SMARTS) is 1. The van der Waals surface area contributed by atoms with Crippen LogP contribution in [0.4, 0.5) is 27.6 Å². The number of hydrogen-bond acceptors (Lipinski definition) is 6. The van der Waals surface area contributed by atoms with E-state index in [1.165, 1.54) is 23.9 Å². The highest BCUT2D eigenvalue weighted by atomic mass is 19.4. The Labute approximate surface area is 241 Å². The van der Waals surface area contributed by atoms with Crippen LogP contribution in [0.2, 0.25) is 0 Å². The van der Waals surface area contributed by atoms with Crippen LogP contribution in [0.3, 0.4) is 0 Å². The molecule has 0 aliphatic heterocycles. The largest absolute Gasteiger partial charge is 0.480 e. The van der Waals surface area contributed by atoms with Gasteiger partial charge in [-0.05, 0) is 37.1 Å². The Hall–Kier alpha value is -4.88. The Morgan fingerprint density at radius 3 is 2.35 bits per heavy atom. The minimum atomic E-state index is -4.68. The van der Waals surface area contributed by atoms with E-state index in [1.807, 2.05) is 5.32 Å². The van der Waals surface area contributed by atoms with Crippen LogP contribution in [0.25, 0.3) is 22.0 Å². The van der Waals surface area contributed by atoms with E-state index in [0.29, 0.717) is 40.0 Å².